The van der Waals surface area contributed by atoms with Gasteiger partial charge in [-0.3, -0.25) is 9.59 Å². The van der Waals surface area contributed by atoms with E-state index in [0.717, 1.165) is 39.9 Å². The first-order chi connectivity index (χ1) is 18.5. The second-order valence-electron chi connectivity index (χ2n) is 8.92. The van der Waals surface area contributed by atoms with Crippen LogP contribution in [0.15, 0.2) is 79.0 Å². The van der Waals surface area contributed by atoms with Crippen LogP contribution in [-0.2, 0) is 22.6 Å². The Bertz CT molecular complexity index is 1390. The van der Waals surface area contributed by atoms with Crippen molar-refractivity contribution in [2.75, 3.05) is 13.2 Å². The molecule has 0 aliphatic carbocycles. The lowest BCUT2D eigenvalue weighted by atomic mass is 10.0. The average Bonchev–Trinajstić information content (AvgIpc) is 3.25. The largest absolute Gasteiger partial charge is 0.493 e. The Hall–Kier alpha value is -4.52. The van der Waals surface area contributed by atoms with E-state index in [2.05, 4.69) is 0 Å². The van der Waals surface area contributed by atoms with E-state index in [9.17, 15) is 14.7 Å². The summed E-state index contributed by atoms with van der Waals surface area (Å²) in [5.74, 6) is -0.116. The van der Waals surface area contributed by atoms with Crippen molar-refractivity contribution in [3.05, 3.63) is 95.7 Å². The number of carboxylic acids is 2. The number of aromatic nitrogens is 1. The molecule has 4 rings (SSSR count). The Morgan fingerprint density at radius 1 is 0.763 bits per heavy atom. The molecule has 0 bridgehead atoms. The molecule has 0 spiro atoms. The first kappa shape index (κ1) is 26.5. The van der Waals surface area contributed by atoms with Gasteiger partial charge in [-0.05, 0) is 53.4 Å². The smallest absolute Gasteiger partial charge is 0.307 e. The minimum atomic E-state index is -0.907. The third-order valence-corrected chi connectivity index (χ3v) is 6.05. The lowest BCUT2D eigenvalue weighted by Gasteiger charge is -2.08. The number of hydrogen-bond acceptors (Lipinski definition) is 4. The molecule has 0 saturated carbocycles. The van der Waals surface area contributed by atoms with Crippen LogP contribution in [0.3, 0.4) is 0 Å². The van der Waals surface area contributed by atoms with Crippen LogP contribution in [0, 0.1) is 0 Å². The van der Waals surface area contributed by atoms with Gasteiger partial charge in [-0.2, -0.15) is 0 Å². The highest BCUT2D eigenvalue weighted by atomic mass is 16.5. The second kappa shape index (κ2) is 13.1. The third-order valence-electron chi connectivity index (χ3n) is 6.05. The van der Waals surface area contributed by atoms with Gasteiger partial charge in [0.1, 0.15) is 11.5 Å². The minimum Gasteiger partial charge on any atom is -0.493 e. The third kappa shape index (κ3) is 7.49. The molecular weight excluding hydrogens is 482 g/mol. The van der Waals surface area contributed by atoms with E-state index < -0.39 is 11.9 Å². The Balaban J connectivity index is 1.40. The number of fused-ring (bicyclic) bond motifs is 1. The Morgan fingerprint density at radius 3 is 2.16 bits per heavy atom. The number of ether oxygens (including phenoxy) is 2. The molecule has 0 fully saturated rings. The van der Waals surface area contributed by atoms with Crippen molar-refractivity contribution in [1.29, 1.82) is 0 Å². The number of benzene rings is 3. The van der Waals surface area contributed by atoms with Crippen molar-refractivity contribution in [3.8, 4) is 11.5 Å². The van der Waals surface area contributed by atoms with Crippen LogP contribution in [0.2, 0.25) is 0 Å². The first-order valence-corrected chi connectivity index (χ1v) is 12.6. The summed E-state index contributed by atoms with van der Waals surface area (Å²) in [6, 6.07) is 23.3. The number of rotatable bonds is 14. The molecule has 0 saturated heterocycles. The van der Waals surface area contributed by atoms with Gasteiger partial charge in [0, 0.05) is 36.5 Å². The summed E-state index contributed by atoms with van der Waals surface area (Å²) in [4.78, 5) is 22.4. The van der Waals surface area contributed by atoms with Crippen molar-refractivity contribution < 1.29 is 29.3 Å². The fourth-order valence-corrected chi connectivity index (χ4v) is 4.31. The maximum atomic E-state index is 11.5. The Morgan fingerprint density at radius 2 is 1.47 bits per heavy atom. The molecule has 3 aromatic carbocycles. The molecule has 1 heterocycles. The van der Waals surface area contributed by atoms with E-state index in [1.807, 2.05) is 95.7 Å². The number of carbonyl (C=O) groups is 2. The number of carboxylic acid groups (broad SMARTS) is 2. The summed E-state index contributed by atoms with van der Waals surface area (Å²) in [6.45, 7) is 1.65. The van der Waals surface area contributed by atoms with Gasteiger partial charge in [-0.15, -0.1) is 0 Å². The molecule has 196 valence electrons. The summed E-state index contributed by atoms with van der Waals surface area (Å²) < 4.78 is 13.5. The SMILES string of the molecule is O=C(O)CCCn1cc(CC(=O)O)c2c(/C=C/c3ccc(OCCCOc4ccccc4)cc3)cccc21. The number of nitrogens with zero attached hydrogens (tertiary/aromatic N) is 1. The number of aryl methyl sites for hydroxylation is 1. The lowest BCUT2D eigenvalue weighted by Crippen LogP contribution is -2.04. The van der Waals surface area contributed by atoms with Crippen molar-refractivity contribution >= 4 is 35.0 Å². The van der Waals surface area contributed by atoms with Gasteiger partial charge >= 0.3 is 11.9 Å². The number of hydrogen-bond donors (Lipinski definition) is 2. The molecule has 0 unspecified atom stereocenters. The zero-order chi connectivity index (χ0) is 26.7. The average molecular weight is 514 g/mol. The van der Waals surface area contributed by atoms with Crippen molar-refractivity contribution in [2.45, 2.75) is 32.2 Å². The minimum absolute atomic E-state index is 0.0642. The van der Waals surface area contributed by atoms with Gasteiger partial charge in [-0.25, -0.2) is 0 Å². The van der Waals surface area contributed by atoms with E-state index in [0.29, 0.717) is 31.7 Å². The van der Waals surface area contributed by atoms with E-state index in [1.165, 1.54) is 0 Å². The standard InChI is InChI=1S/C31H31NO6/c33-29(34)11-5-18-32-22-25(21-30(35)36)31-24(7-4-10-28(31)32)15-12-23-13-16-27(17-14-23)38-20-6-19-37-26-8-2-1-3-9-26/h1-4,7-10,12-17,22H,5-6,11,18-21H2,(H,33,34)(H,35,36)/b15-12+. The fraction of sp³-hybridized carbons (Fsp3) is 0.226. The van der Waals surface area contributed by atoms with Crippen molar-refractivity contribution in [1.82, 2.24) is 4.57 Å². The molecule has 4 aromatic rings. The van der Waals surface area contributed by atoms with Crippen LogP contribution in [0.25, 0.3) is 23.1 Å². The zero-order valence-corrected chi connectivity index (χ0v) is 21.1. The van der Waals surface area contributed by atoms with E-state index in [1.54, 1.807) is 0 Å². The molecule has 38 heavy (non-hydrogen) atoms. The molecule has 0 amide bonds. The molecule has 0 atom stereocenters. The van der Waals surface area contributed by atoms with Crippen molar-refractivity contribution in [3.63, 3.8) is 0 Å². The monoisotopic (exact) mass is 513 g/mol. The van der Waals surface area contributed by atoms with E-state index in [-0.39, 0.29) is 12.8 Å². The fourth-order valence-electron chi connectivity index (χ4n) is 4.31. The predicted molar refractivity (Wildman–Crippen MR) is 148 cm³/mol. The molecule has 1 aromatic heterocycles. The Kier molecular flexibility index (Phi) is 9.18. The topological polar surface area (TPSA) is 98.0 Å². The zero-order valence-electron chi connectivity index (χ0n) is 21.1. The quantitative estimate of drug-likeness (QED) is 0.155. The van der Waals surface area contributed by atoms with Gasteiger partial charge in [0.25, 0.3) is 0 Å². The lowest BCUT2D eigenvalue weighted by molar-refractivity contribution is -0.137. The maximum Gasteiger partial charge on any atom is 0.307 e. The normalized spacial score (nSPS) is 11.2. The van der Waals surface area contributed by atoms with Gasteiger partial charge in [0.15, 0.2) is 0 Å². The maximum absolute atomic E-state index is 11.5. The molecule has 2 N–H and O–H groups in total. The summed E-state index contributed by atoms with van der Waals surface area (Å²) in [7, 11) is 0. The highest BCUT2D eigenvalue weighted by Gasteiger charge is 2.14. The molecule has 0 radical (unpaired) electrons. The number of aliphatic carboxylic acids is 2. The van der Waals surface area contributed by atoms with Crippen LogP contribution in [-0.4, -0.2) is 39.9 Å². The summed E-state index contributed by atoms with van der Waals surface area (Å²) in [5, 5.41) is 19.3. The van der Waals surface area contributed by atoms with E-state index in [4.69, 9.17) is 14.6 Å². The number of para-hydroxylation sites is 1. The predicted octanol–water partition coefficient (Wildman–Crippen LogP) is 6.15. The summed E-state index contributed by atoms with van der Waals surface area (Å²) in [5.41, 5.74) is 3.51. The highest BCUT2D eigenvalue weighted by molar-refractivity contribution is 5.96. The van der Waals surface area contributed by atoms with Gasteiger partial charge in [0.05, 0.1) is 19.6 Å². The molecule has 7 nitrogen and oxygen atoms in total. The molecular formula is C31H31NO6. The molecule has 7 heteroatoms. The first-order valence-electron chi connectivity index (χ1n) is 12.6. The van der Waals surface area contributed by atoms with Crippen LogP contribution < -0.4 is 9.47 Å². The molecule has 0 aliphatic rings. The summed E-state index contributed by atoms with van der Waals surface area (Å²) >= 11 is 0. The van der Waals surface area contributed by atoms with E-state index >= 15 is 0 Å². The van der Waals surface area contributed by atoms with Gasteiger partial charge < -0.3 is 24.3 Å². The van der Waals surface area contributed by atoms with Gasteiger partial charge in [0.2, 0.25) is 0 Å². The molecule has 0 aliphatic heterocycles. The van der Waals surface area contributed by atoms with Gasteiger partial charge in [-0.1, -0.05) is 54.6 Å². The van der Waals surface area contributed by atoms with Crippen LogP contribution in [0.4, 0.5) is 0 Å². The second-order valence-corrected chi connectivity index (χ2v) is 8.92. The van der Waals surface area contributed by atoms with Crippen molar-refractivity contribution in [2.24, 2.45) is 0 Å². The van der Waals surface area contributed by atoms with Crippen LogP contribution in [0.1, 0.15) is 36.0 Å². The Labute approximate surface area is 221 Å². The summed E-state index contributed by atoms with van der Waals surface area (Å²) in [6.07, 6.45) is 7.00. The van der Waals surface area contributed by atoms with Crippen LogP contribution >= 0.6 is 0 Å². The highest BCUT2D eigenvalue weighted by Crippen LogP contribution is 2.28. The van der Waals surface area contributed by atoms with Crippen LogP contribution in [0.5, 0.6) is 11.5 Å².